The number of nitrogens with zero attached hydrogens (tertiary/aromatic N) is 2. The average molecular weight is 381 g/mol. The Kier molecular flexibility index (Phi) is 4.32. The molecule has 0 aromatic heterocycles. The Morgan fingerprint density at radius 1 is 1.19 bits per heavy atom. The summed E-state index contributed by atoms with van der Waals surface area (Å²) in [7, 11) is -3.64. The Balaban J connectivity index is 1.51. The zero-order valence-corrected chi connectivity index (χ0v) is 15.6. The molecule has 1 amide bonds. The monoisotopic (exact) mass is 381 g/mol. The molecule has 3 aliphatic rings. The van der Waals surface area contributed by atoms with E-state index in [-0.39, 0.29) is 16.8 Å². The van der Waals surface area contributed by atoms with E-state index in [0.717, 1.165) is 18.7 Å². The fraction of sp³-hybridized carbons (Fsp3) is 0.611. The number of carbonyl (C=O) groups is 1. The summed E-state index contributed by atoms with van der Waals surface area (Å²) in [5.74, 6) is 0.246. The van der Waals surface area contributed by atoms with Crippen LogP contribution >= 0.6 is 0 Å². The largest absolute Gasteiger partial charge is 0.323 e. The zero-order chi connectivity index (χ0) is 18.5. The maximum atomic E-state index is 13.1. The molecule has 4 rings (SSSR count). The lowest BCUT2D eigenvalue weighted by Gasteiger charge is -2.44. The van der Waals surface area contributed by atoms with Crippen molar-refractivity contribution in [2.24, 2.45) is 5.92 Å². The van der Waals surface area contributed by atoms with Gasteiger partial charge >= 0.3 is 0 Å². The molecule has 2 aliphatic heterocycles. The van der Waals surface area contributed by atoms with Gasteiger partial charge in [0.2, 0.25) is 15.9 Å². The first-order valence-electron chi connectivity index (χ1n) is 9.17. The molecule has 1 unspecified atom stereocenters. The minimum Gasteiger partial charge on any atom is -0.323 e. The fourth-order valence-corrected chi connectivity index (χ4v) is 5.52. The van der Waals surface area contributed by atoms with E-state index >= 15 is 0 Å². The Hall–Kier alpha value is -1.51. The molecule has 1 aromatic rings. The van der Waals surface area contributed by atoms with E-state index in [2.05, 4.69) is 5.32 Å². The van der Waals surface area contributed by atoms with Crippen molar-refractivity contribution in [2.75, 3.05) is 19.6 Å². The summed E-state index contributed by atoms with van der Waals surface area (Å²) in [5, 5.41) is 3.43. The normalized spacial score (nSPS) is 26.6. The molecule has 6 nitrogen and oxygen atoms in total. The standard InChI is InChI=1S/C18H24FN3O3S/c1-13-17(23)22(12-14-2-3-14)18(20-13)8-10-21(11-9-18)26(24,25)16-6-4-15(19)5-7-16/h4-7,13-14,20H,2-3,8-12H2,1H3. The van der Waals surface area contributed by atoms with Gasteiger partial charge in [0.1, 0.15) is 5.82 Å². The Morgan fingerprint density at radius 2 is 1.81 bits per heavy atom. The van der Waals surface area contributed by atoms with E-state index < -0.39 is 21.5 Å². The molecule has 1 atom stereocenters. The van der Waals surface area contributed by atoms with Gasteiger partial charge < -0.3 is 4.90 Å². The lowest BCUT2D eigenvalue weighted by molar-refractivity contribution is -0.133. The molecular formula is C18H24FN3O3S. The minimum absolute atomic E-state index is 0.105. The van der Waals surface area contributed by atoms with Crippen LogP contribution in [0.1, 0.15) is 32.6 Å². The summed E-state index contributed by atoms with van der Waals surface area (Å²) in [6.07, 6.45) is 3.46. The van der Waals surface area contributed by atoms with Crippen molar-refractivity contribution in [3.63, 3.8) is 0 Å². The number of carbonyl (C=O) groups excluding carboxylic acids is 1. The molecule has 1 aliphatic carbocycles. The second kappa shape index (κ2) is 6.28. The fourth-order valence-electron chi connectivity index (χ4n) is 4.08. The van der Waals surface area contributed by atoms with Crippen LogP contribution in [0.5, 0.6) is 0 Å². The summed E-state index contributed by atoms with van der Waals surface area (Å²) in [6, 6.07) is 4.69. The smallest absolute Gasteiger partial charge is 0.243 e. The number of rotatable bonds is 4. The Morgan fingerprint density at radius 3 is 2.38 bits per heavy atom. The molecule has 1 spiro atoms. The number of hydrogen-bond acceptors (Lipinski definition) is 4. The molecule has 1 saturated carbocycles. The summed E-state index contributed by atoms with van der Waals surface area (Å²) in [6.45, 7) is 3.32. The molecule has 1 aromatic carbocycles. The van der Waals surface area contributed by atoms with Crippen molar-refractivity contribution < 1.29 is 17.6 Å². The van der Waals surface area contributed by atoms with Crippen molar-refractivity contribution in [2.45, 2.75) is 49.2 Å². The van der Waals surface area contributed by atoms with E-state index in [4.69, 9.17) is 0 Å². The number of piperidine rings is 1. The molecule has 142 valence electrons. The molecular weight excluding hydrogens is 357 g/mol. The molecule has 0 bridgehead atoms. The maximum absolute atomic E-state index is 13.1. The summed E-state index contributed by atoms with van der Waals surface area (Å²) in [5.41, 5.74) is -0.437. The van der Waals surface area contributed by atoms with Gasteiger partial charge in [0.25, 0.3) is 0 Å². The lowest BCUT2D eigenvalue weighted by atomic mass is 9.97. The second-order valence-electron chi connectivity index (χ2n) is 7.65. The first-order valence-corrected chi connectivity index (χ1v) is 10.6. The number of nitrogens with one attached hydrogen (secondary N) is 1. The highest BCUT2D eigenvalue weighted by molar-refractivity contribution is 7.89. The van der Waals surface area contributed by atoms with Crippen LogP contribution in [-0.4, -0.2) is 54.9 Å². The van der Waals surface area contributed by atoms with Gasteiger partial charge in [-0.2, -0.15) is 4.31 Å². The highest BCUT2D eigenvalue weighted by Crippen LogP contribution is 2.38. The van der Waals surface area contributed by atoms with Gasteiger partial charge in [-0.25, -0.2) is 12.8 Å². The van der Waals surface area contributed by atoms with E-state index in [9.17, 15) is 17.6 Å². The van der Waals surface area contributed by atoms with Gasteiger partial charge in [0, 0.05) is 19.6 Å². The third-order valence-electron chi connectivity index (χ3n) is 5.78. The zero-order valence-electron chi connectivity index (χ0n) is 14.8. The first kappa shape index (κ1) is 17.9. The number of sulfonamides is 1. The number of benzene rings is 1. The molecule has 1 N–H and O–H groups in total. The molecule has 2 heterocycles. The van der Waals surface area contributed by atoms with Crippen LogP contribution in [0, 0.1) is 11.7 Å². The highest BCUT2D eigenvalue weighted by Gasteiger charge is 2.52. The summed E-state index contributed by atoms with van der Waals surface area (Å²) >= 11 is 0. The number of halogens is 1. The predicted octanol–water partition coefficient (Wildman–Crippen LogP) is 1.54. The van der Waals surface area contributed by atoms with Crippen molar-refractivity contribution in [1.82, 2.24) is 14.5 Å². The van der Waals surface area contributed by atoms with Crippen LogP contribution in [0.25, 0.3) is 0 Å². The molecule has 0 radical (unpaired) electrons. The van der Waals surface area contributed by atoms with Gasteiger partial charge in [0.05, 0.1) is 16.6 Å². The second-order valence-corrected chi connectivity index (χ2v) is 9.59. The quantitative estimate of drug-likeness (QED) is 0.859. The topological polar surface area (TPSA) is 69.7 Å². The van der Waals surface area contributed by atoms with Crippen LogP contribution < -0.4 is 5.32 Å². The Labute approximate surface area is 153 Å². The van der Waals surface area contributed by atoms with Crippen molar-refractivity contribution in [3.05, 3.63) is 30.1 Å². The van der Waals surface area contributed by atoms with Crippen LogP contribution in [0.4, 0.5) is 4.39 Å². The molecule has 26 heavy (non-hydrogen) atoms. The lowest BCUT2D eigenvalue weighted by Crippen LogP contribution is -2.59. The van der Waals surface area contributed by atoms with Crippen molar-refractivity contribution in [1.29, 1.82) is 0 Å². The highest BCUT2D eigenvalue weighted by atomic mass is 32.2. The molecule has 3 fully saturated rings. The third-order valence-corrected chi connectivity index (χ3v) is 7.69. The van der Waals surface area contributed by atoms with E-state index in [1.807, 2.05) is 11.8 Å². The average Bonchev–Trinajstić information content (AvgIpc) is 3.40. The van der Waals surface area contributed by atoms with Gasteiger partial charge in [-0.3, -0.25) is 10.1 Å². The first-order chi connectivity index (χ1) is 12.3. The van der Waals surface area contributed by atoms with Crippen LogP contribution in [-0.2, 0) is 14.8 Å². The SMILES string of the molecule is CC1NC2(CCN(S(=O)(=O)c3ccc(F)cc3)CC2)N(CC2CC2)C1=O. The molecule has 2 saturated heterocycles. The number of hydrogen-bond donors (Lipinski definition) is 1. The summed E-state index contributed by atoms with van der Waals surface area (Å²) < 4.78 is 40.1. The van der Waals surface area contributed by atoms with Crippen molar-refractivity contribution >= 4 is 15.9 Å². The molecule has 8 heteroatoms. The van der Waals surface area contributed by atoms with Crippen LogP contribution in [0.2, 0.25) is 0 Å². The van der Waals surface area contributed by atoms with Gasteiger partial charge in [-0.15, -0.1) is 0 Å². The van der Waals surface area contributed by atoms with Crippen LogP contribution in [0.15, 0.2) is 29.2 Å². The maximum Gasteiger partial charge on any atom is 0.243 e. The minimum atomic E-state index is -3.64. The predicted molar refractivity (Wildman–Crippen MR) is 94.2 cm³/mol. The third kappa shape index (κ3) is 3.04. The number of amides is 1. The van der Waals surface area contributed by atoms with E-state index in [0.29, 0.717) is 31.8 Å². The summed E-state index contributed by atoms with van der Waals surface area (Å²) in [4.78, 5) is 14.6. The van der Waals surface area contributed by atoms with Crippen molar-refractivity contribution in [3.8, 4) is 0 Å². The van der Waals surface area contributed by atoms with Gasteiger partial charge in [-0.05, 0) is 62.8 Å². The Bertz CT molecular complexity index is 799. The van der Waals surface area contributed by atoms with Gasteiger partial charge in [-0.1, -0.05) is 0 Å². The van der Waals surface area contributed by atoms with Gasteiger partial charge in [0.15, 0.2) is 0 Å². The van der Waals surface area contributed by atoms with E-state index in [1.54, 1.807) is 0 Å². The van der Waals surface area contributed by atoms with E-state index in [1.165, 1.54) is 29.3 Å². The van der Waals surface area contributed by atoms with Crippen LogP contribution in [0.3, 0.4) is 0 Å².